The predicted octanol–water partition coefficient (Wildman–Crippen LogP) is 3.47. The fourth-order valence-electron chi connectivity index (χ4n) is 4.21. The number of hydrogen-bond donors (Lipinski definition) is 2. The standard InChI is InChI=1S/C17H22BF2NO3.C2H6/c1-8(2)17(6-9(3)10(17)4)16(22)21-15-13(19)5-12-11(14(15)20)7-24-18(12)23;1-2/h5,8-10,23H,6-7H2,1-4H3,(H,21,22);1-2H3. The van der Waals surface area contributed by atoms with Crippen molar-refractivity contribution in [2.24, 2.45) is 23.2 Å². The Balaban J connectivity index is 0.00000117. The van der Waals surface area contributed by atoms with E-state index in [0.29, 0.717) is 12.3 Å². The smallest absolute Gasteiger partial charge is 0.423 e. The van der Waals surface area contributed by atoms with Crippen molar-refractivity contribution in [3.63, 3.8) is 0 Å². The highest BCUT2D eigenvalue weighted by Crippen LogP contribution is 2.56. The van der Waals surface area contributed by atoms with Crippen LogP contribution in [0.1, 0.15) is 53.5 Å². The van der Waals surface area contributed by atoms with Crippen molar-refractivity contribution in [2.45, 2.75) is 54.6 Å². The van der Waals surface area contributed by atoms with Gasteiger partial charge in [0, 0.05) is 5.56 Å². The van der Waals surface area contributed by atoms with Gasteiger partial charge in [-0.1, -0.05) is 41.5 Å². The van der Waals surface area contributed by atoms with Crippen molar-refractivity contribution in [1.82, 2.24) is 0 Å². The van der Waals surface area contributed by atoms with Crippen molar-refractivity contribution >= 4 is 24.2 Å². The molecular weight excluding hydrogens is 339 g/mol. The molecule has 0 aromatic heterocycles. The van der Waals surface area contributed by atoms with Crippen LogP contribution in [0.5, 0.6) is 0 Å². The van der Waals surface area contributed by atoms with Crippen LogP contribution in [-0.4, -0.2) is 18.0 Å². The third kappa shape index (κ3) is 3.05. The molecule has 7 heteroatoms. The van der Waals surface area contributed by atoms with Gasteiger partial charge in [-0.25, -0.2) is 8.78 Å². The Morgan fingerprint density at radius 3 is 2.50 bits per heavy atom. The van der Waals surface area contributed by atoms with Crippen LogP contribution < -0.4 is 10.8 Å². The first-order valence-electron chi connectivity index (χ1n) is 9.32. The van der Waals surface area contributed by atoms with Gasteiger partial charge in [-0.15, -0.1) is 0 Å². The van der Waals surface area contributed by atoms with E-state index in [1.807, 2.05) is 34.6 Å². The van der Waals surface area contributed by atoms with Gasteiger partial charge < -0.3 is 15.0 Å². The molecule has 0 spiro atoms. The summed E-state index contributed by atoms with van der Waals surface area (Å²) in [6, 6.07) is 1.03. The lowest BCUT2D eigenvalue weighted by atomic mass is 9.50. The molecule has 4 nitrogen and oxygen atoms in total. The van der Waals surface area contributed by atoms with Crippen LogP contribution >= 0.6 is 0 Å². The zero-order chi connectivity index (χ0) is 19.8. The maximum Gasteiger partial charge on any atom is 0.491 e. The highest BCUT2D eigenvalue weighted by atomic mass is 19.1. The van der Waals surface area contributed by atoms with Crippen molar-refractivity contribution in [3.05, 3.63) is 23.3 Å². The predicted molar refractivity (Wildman–Crippen MR) is 98.9 cm³/mol. The molecule has 0 bridgehead atoms. The zero-order valence-electron chi connectivity index (χ0n) is 16.3. The molecule has 1 aliphatic carbocycles. The summed E-state index contributed by atoms with van der Waals surface area (Å²) in [5, 5.41) is 12.0. The SMILES string of the molecule is CC.CC1CC(C(=O)Nc2c(F)cc3c(c2F)COB3O)(C(C)C)C1C. The lowest BCUT2D eigenvalue weighted by Crippen LogP contribution is -2.56. The molecule has 1 aromatic rings. The lowest BCUT2D eigenvalue weighted by molar-refractivity contribution is -0.148. The van der Waals surface area contributed by atoms with Crippen LogP contribution in [0.25, 0.3) is 0 Å². The number of rotatable bonds is 3. The van der Waals surface area contributed by atoms with Gasteiger partial charge in [-0.2, -0.15) is 0 Å². The molecule has 144 valence electrons. The maximum atomic E-state index is 14.6. The van der Waals surface area contributed by atoms with E-state index in [4.69, 9.17) is 4.65 Å². The number of benzene rings is 1. The van der Waals surface area contributed by atoms with Crippen LogP contribution in [-0.2, 0) is 16.1 Å². The summed E-state index contributed by atoms with van der Waals surface area (Å²) in [4.78, 5) is 12.9. The van der Waals surface area contributed by atoms with Gasteiger partial charge in [0.25, 0.3) is 0 Å². The number of nitrogens with one attached hydrogen (secondary N) is 1. The first kappa shape index (κ1) is 20.8. The van der Waals surface area contributed by atoms with E-state index < -0.39 is 29.9 Å². The van der Waals surface area contributed by atoms with Gasteiger partial charge in [-0.3, -0.25) is 4.79 Å². The van der Waals surface area contributed by atoms with E-state index in [1.165, 1.54) is 0 Å². The molecule has 1 fully saturated rings. The minimum absolute atomic E-state index is 0.0643. The second-order valence-electron chi connectivity index (χ2n) is 7.40. The normalized spacial score (nSPS) is 26.8. The van der Waals surface area contributed by atoms with Crippen molar-refractivity contribution in [2.75, 3.05) is 5.32 Å². The van der Waals surface area contributed by atoms with E-state index in [-0.39, 0.29) is 35.4 Å². The summed E-state index contributed by atoms with van der Waals surface area (Å²) in [5.41, 5.74) is -0.906. The number of hydrogen-bond acceptors (Lipinski definition) is 3. The quantitative estimate of drug-likeness (QED) is 0.805. The molecule has 3 rings (SSSR count). The molecule has 1 saturated carbocycles. The van der Waals surface area contributed by atoms with Gasteiger partial charge in [-0.05, 0) is 35.7 Å². The number of carbonyl (C=O) groups excluding carboxylic acids is 1. The van der Waals surface area contributed by atoms with Crippen molar-refractivity contribution < 1.29 is 23.3 Å². The van der Waals surface area contributed by atoms with Gasteiger partial charge in [0.2, 0.25) is 5.91 Å². The molecule has 3 atom stereocenters. The summed E-state index contributed by atoms with van der Waals surface area (Å²) in [5.74, 6) is -1.51. The summed E-state index contributed by atoms with van der Waals surface area (Å²) in [6.07, 6.45) is 0.702. The number of halogens is 2. The molecule has 2 aliphatic rings. The second-order valence-corrected chi connectivity index (χ2v) is 7.40. The van der Waals surface area contributed by atoms with Crippen LogP contribution in [0.15, 0.2) is 6.07 Å². The molecule has 0 saturated heterocycles. The van der Waals surface area contributed by atoms with Gasteiger partial charge in [0.15, 0.2) is 5.82 Å². The molecular formula is C19H28BF2NO3. The highest BCUT2D eigenvalue weighted by molar-refractivity contribution is 6.61. The number of amides is 1. The van der Waals surface area contributed by atoms with Crippen LogP contribution in [0, 0.1) is 34.8 Å². The monoisotopic (exact) mass is 367 g/mol. The van der Waals surface area contributed by atoms with Crippen LogP contribution in [0.4, 0.5) is 14.5 Å². The second kappa shape index (κ2) is 7.65. The third-order valence-corrected chi connectivity index (χ3v) is 6.02. The van der Waals surface area contributed by atoms with Gasteiger partial charge >= 0.3 is 7.12 Å². The maximum absolute atomic E-state index is 14.6. The number of anilines is 1. The first-order valence-corrected chi connectivity index (χ1v) is 9.32. The van der Waals surface area contributed by atoms with Crippen LogP contribution in [0.3, 0.4) is 0 Å². The number of carbonyl (C=O) groups is 1. The fourth-order valence-corrected chi connectivity index (χ4v) is 4.21. The summed E-state index contributed by atoms with van der Waals surface area (Å²) in [7, 11) is -1.33. The largest absolute Gasteiger partial charge is 0.491 e. The minimum Gasteiger partial charge on any atom is -0.423 e. The average Bonchev–Trinajstić information content (AvgIpc) is 2.98. The molecule has 3 unspecified atom stereocenters. The Bertz CT molecular complexity index is 698. The minimum atomic E-state index is -1.33. The Labute approximate surface area is 154 Å². The first-order chi connectivity index (χ1) is 12.2. The average molecular weight is 367 g/mol. The van der Waals surface area contributed by atoms with Crippen molar-refractivity contribution in [1.29, 1.82) is 0 Å². The van der Waals surface area contributed by atoms with E-state index in [0.717, 1.165) is 6.07 Å². The van der Waals surface area contributed by atoms with Crippen LogP contribution in [0.2, 0.25) is 0 Å². The third-order valence-electron chi connectivity index (χ3n) is 6.02. The summed E-state index contributed by atoms with van der Waals surface area (Å²) < 4.78 is 33.8. The van der Waals surface area contributed by atoms with Gasteiger partial charge in [0.1, 0.15) is 11.5 Å². The topological polar surface area (TPSA) is 58.6 Å². The Morgan fingerprint density at radius 2 is 2.00 bits per heavy atom. The molecule has 26 heavy (non-hydrogen) atoms. The van der Waals surface area contributed by atoms with Crippen molar-refractivity contribution in [3.8, 4) is 0 Å². The van der Waals surface area contributed by atoms with E-state index in [2.05, 4.69) is 12.2 Å². The van der Waals surface area contributed by atoms with E-state index in [9.17, 15) is 18.6 Å². The Morgan fingerprint density at radius 1 is 1.38 bits per heavy atom. The summed E-state index contributed by atoms with van der Waals surface area (Å²) in [6.45, 7) is 11.9. The Hall–Kier alpha value is -1.47. The zero-order valence-corrected chi connectivity index (χ0v) is 16.3. The highest BCUT2D eigenvalue weighted by Gasteiger charge is 2.56. The fraction of sp³-hybridized carbons (Fsp3) is 0.632. The lowest BCUT2D eigenvalue weighted by Gasteiger charge is -2.54. The van der Waals surface area contributed by atoms with Gasteiger partial charge in [0.05, 0.1) is 12.0 Å². The van der Waals surface area contributed by atoms with E-state index in [1.54, 1.807) is 0 Å². The molecule has 0 radical (unpaired) electrons. The van der Waals surface area contributed by atoms with E-state index >= 15 is 0 Å². The molecule has 1 amide bonds. The molecule has 2 N–H and O–H groups in total. The summed E-state index contributed by atoms with van der Waals surface area (Å²) >= 11 is 0. The molecule has 1 aliphatic heterocycles. The molecule has 1 heterocycles. The molecule has 1 aromatic carbocycles. The Kier molecular flexibility index (Phi) is 6.13. The number of fused-ring (bicyclic) bond motifs is 1.